The predicted octanol–water partition coefficient (Wildman–Crippen LogP) is 4.12. The van der Waals surface area contributed by atoms with Gasteiger partial charge >= 0.3 is 5.97 Å². The van der Waals surface area contributed by atoms with Crippen LogP contribution in [0, 0.1) is 0 Å². The largest absolute Gasteiger partial charge is 0.477 e. The van der Waals surface area contributed by atoms with E-state index in [1.54, 1.807) is 23.1 Å². The van der Waals surface area contributed by atoms with Crippen LogP contribution in [0.3, 0.4) is 0 Å². The summed E-state index contributed by atoms with van der Waals surface area (Å²) in [7, 11) is 0. The van der Waals surface area contributed by atoms with Gasteiger partial charge in [-0.3, -0.25) is 4.79 Å². The maximum absolute atomic E-state index is 12.8. The Hall–Kier alpha value is -2.79. The number of benzene rings is 2. The fourth-order valence-corrected chi connectivity index (χ4v) is 3.12. The lowest BCUT2D eigenvalue weighted by atomic mass is 10.1. The molecule has 0 fully saturated rings. The number of carbonyl (C=O) groups is 2. The van der Waals surface area contributed by atoms with Crippen molar-refractivity contribution in [2.24, 2.45) is 0 Å². The minimum absolute atomic E-state index is 0.0229. The average Bonchev–Trinajstić information content (AvgIpc) is 2.95. The molecule has 0 bridgehead atoms. The molecule has 0 spiro atoms. The van der Waals surface area contributed by atoms with Crippen molar-refractivity contribution >= 4 is 40.1 Å². The van der Waals surface area contributed by atoms with E-state index < -0.39 is 5.97 Å². The van der Waals surface area contributed by atoms with Crippen molar-refractivity contribution in [1.82, 2.24) is 4.98 Å². The van der Waals surface area contributed by atoms with Crippen LogP contribution in [-0.4, -0.2) is 28.5 Å². The van der Waals surface area contributed by atoms with Gasteiger partial charge in [0.05, 0.1) is 6.42 Å². The van der Waals surface area contributed by atoms with E-state index in [9.17, 15) is 14.7 Å². The van der Waals surface area contributed by atoms with E-state index in [0.717, 1.165) is 5.69 Å². The number of H-pyrrole nitrogens is 1. The first-order chi connectivity index (χ1) is 12.0. The molecule has 0 saturated carbocycles. The Labute approximate surface area is 149 Å². The number of aromatic carboxylic acids is 1. The number of carboxylic acids is 1. The van der Waals surface area contributed by atoms with Crippen LogP contribution in [0.15, 0.2) is 48.5 Å². The van der Waals surface area contributed by atoms with Gasteiger partial charge in [-0.05, 0) is 37.3 Å². The van der Waals surface area contributed by atoms with E-state index in [4.69, 9.17) is 11.6 Å². The van der Waals surface area contributed by atoms with Crippen LogP contribution in [-0.2, 0) is 11.2 Å². The molecule has 128 valence electrons. The molecule has 1 heterocycles. The molecule has 0 atom stereocenters. The van der Waals surface area contributed by atoms with Gasteiger partial charge in [-0.2, -0.15) is 0 Å². The topological polar surface area (TPSA) is 73.4 Å². The number of halogens is 1. The molecule has 0 aliphatic rings. The molecule has 3 aromatic rings. The number of likely N-dealkylation sites (N-methyl/N-ethyl adjacent to an activating group) is 1. The molecule has 5 nitrogen and oxygen atoms in total. The Balaban J connectivity index is 2.01. The standard InChI is InChI=1S/C19H17ClN2O3/c1-2-22(13-6-4-3-5-7-13)17(23)11-15-14-10-12(20)8-9-16(14)21-18(15)19(24)25/h3-10,21H,2,11H2,1H3,(H,24,25). The number of hydrogen-bond acceptors (Lipinski definition) is 2. The molecule has 25 heavy (non-hydrogen) atoms. The molecule has 0 unspecified atom stereocenters. The van der Waals surface area contributed by atoms with Crippen molar-refractivity contribution in [2.45, 2.75) is 13.3 Å². The molecule has 0 saturated heterocycles. The van der Waals surface area contributed by atoms with Gasteiger partial charge in [0.15, 0.2) is 0 Å². The van der Waals surface area contributed by atoms with Crippen LogP contribution in [0.25, 0.3) is 10.9 Å². The van der Waals surface area contributed by atoms with Gasteiger partial charge in [-0.15, -0.1) is 0 Å². The third-order valence-electron chi connectivity index (χ3n) is 4.10. The molecule has 0 aliphatic heterocycles. The van der Waals surface area contributed by atoms with Crippen LogP contribution in [0.4, 0.5) is 5.69 Å². The molecular weight excluding hydrogens is 340 g/mol. The van der Waals surface area contributed by atoms with E-state index >= 15 is 0 Å². The third-order valence-corrected chi connectivity index (χ3v) is 4.33. The highest BCUT2D eigenvalue weighted by atomic mass is 35.5. The Morgan fingerprint density at radius 2 is 1.88 bits per heavy atom. The number of fused-ring (bicyclic) bond motifs is 1. The highest BCUT2D eigenvalue weighted by Crippen LogP contribution is 2.27. The van der Waals surface area contributed by atoms with Crippen LogP contribution in [0.2, 0.25) is 5.02 Å². The number of anilines is 1. The molecule has 2 aromatic carbocycles. The zero-order valence-electron chi connectivity index (χ0n) is 13.6. The first-order valence-corrected chi connectivity index (χ1v) is 8.28. The van der Waals surface area contributed by atoms with Gasteiger partial charge in [-0.1, -0.05) is 29.8 Å². The molecule has 1 amide bonds. The highest BCUT2D eigenvalue weighted by Gasteiger charge is 2.22. The number of hydrogen-bond donors (Lipinski definition) is 2. The lowest BCUT2D eigenvalue weighted by Crippen LogP contribution is -2.32. The van der Waals surface area contributed by atoms with Crippen molar-refractivity contribution < 1.29 is 14.7 Å². The minimum Gasteiger partial charge on any atom is -0.477 e. The van der Waals surface area contributed by atoms with Gasteiger partial charge in [0.1, 0.15) is 5.69 Å². The lowest BCUT2D eigenvalue weighted by molar-refractivity contribution is -0.117. The average molecular weight is 357 g/mol. The van der Waals surface area contributed by atoms with Crippen LogP contribution >= 0.6 is 11.6 Å². The summed E-state index contributed by atoms with van der Waals surface area (Å²) in [6, 6.07) is 14.4. The summed E-state index contributed by atoms with van der Waals surface area (Å²) in [5.41, 5.74) is 1.90. The molecule has 0 aliphatic carbocycles. The summed E-state index contributed by atoms with van der Waals surface area (Å²) in [5, 5.41) is 10.6. The monoisotopic (exact) mass is 356 g/mol. The highest BCUT2D eigenvalue weighted by molar-refractivity contribution is 6.31. The van der Waals surface area contributed by atoms with Gasteiger partial charge < -0.3 is 15.0 Å². The predicted molar refractivity (Wildman–Crippen MR) is 98.4 cm³/mol. The summed E-state index contributed by atoms with van der Waals surface area (Å²) >= 11 is 6.05. The van der Waals surface area contributed by atoms with Crippen LogP contribution in [0.1, 0.15) is 23.0 Å². The summed E-state index contributed by atoms with van der Waals surface area (Å²) < 4.78 is 0. The second-order valence-electron chi connectivity index (χ2n) is 5.62. The number of nitrogens with one attached hydrogen (secondary N) is 1. The van der Waals surface area contributed by atoms with E-state index in [-0.39, 0.29) is 18.0 Å². The Morgan fingerprint density at radius 3 is 2.52 bits per heavy atom. The molecule has 6 heteroatoms. The fourth-order valence-electron chi connectivity index (χ4n) is 2.94. The first kappa shape index (κ1) is 17.0. The third kappa shape index (κ3) is 3.37. The number of amides is 1. The minimum atomic E-state index is -1.10. The number of aromatic nitrogens is 1. The zero-order chi connectivity index (χ0) is 18.0. The number of nitrogens with zero attached hydrogens (tertiary/aromatic N) is 1. The normalized spacial score (nSPS) is 10.8. The summed E-state index contributed by atoms with van der Waals surface area (Å²) in [4.78, 5) is 28.9. The molecule has 0 radical (unpaired) electrons. The maximum atomic E-state index is 12.8. The van der Waals surface area contributed by atoms with Gasteiger partial charge in [0.25, 0.3) is 0 Å². The zero-order valence-corrected chi connectivity index (χ0v) is 14.4. The molecule has 2 N–H and O–H groups in total. The smallest absolute Gasteiger partial charge is 0.352 e. The van der Waals surface area contributed by atoms with Gasteiger partial charge in [0.2, 0.25) is 5.91 Å². The van der Waals surface area contributed by atoms with E-state index in [1.165, 1.54) is 0 Å². The Kier molecular flexibility index (Phi) is 4.76. The summed E-state index contributed by atoms with van der Waals surface area (Å²) in [5.74, 6) is -1.27. The van der Waals surface area contributed by atoms with Crippen LogP contribution in [0.5, 0.6) is 0 Å². The molecular formula is C19H17ClN2O3. The fraction of sp³-hybridized carbons (Fsp3) is 0.158. The number of carbonyl (C=O) groups excluding carboxylic acids is 1. The van der Waals surface area contributed by atoms with Crippen molar-refractivity contribution in [3.8, 4) is 0 Å². The number of aromatic amines is 1. The SMILES string of the molecule is CCN(C(=O)Cc1c(C(=O)O)[nH]c2ccc(Cl)cc12)c1ccccc1. The first-order valence-electron chi connectivity index (χ1n) is 7.90. The van der Waals surface area contributed by atoms with Crippen molar-refractivity contribution in [3.63, 3.8) is 0 Å². The van der Waals surface area contributed by atoms with Crippen molar-refractivity contribution in [1.29, 1.82) is 0 Å². The Morgan fingerprint density at radius 1 is 1.16 bits per heavy atom. The number of carboxylic acid groups (broad SMARTS) is 1. The Bertz CT molecular complexity index is 934. The van der Waals surface area contributed by atoms with Gasteiger partial charge in [-0.25, -0.2) is 4.79 Å². The van der Waals surface area contributed by atoms with E-state index in [2.05, 4.69) is 4.98 Å². The van der Waals surface area contributed by atoms with Crippen molar-refractivity contribution in [2.75, 3.05) is 11.4 Å². The quantitative estimate of drug-likeness (QED) is 0.722. The molecule has 3 rings (SSSR count). The number of para-hydroxylation sites is 1. The number of rotatable bonds is 5. The summed E-state index contributed by atoms with van der Waals surface area (Å²) in [6.07, 6.45) is -0.0231. The van der Waals surface area contributed by atoms with E-state index in [1.807, 2.05) is 37.3 Å². The lowest BCUT2D eigenvalue weighted by Gasteiger charge is -2.21. The molecule has 1 aromatic heterocycles. The second kappa shape index (κ2) is 6.99. The van der Waals surface area contributed by atoms with E-state index in [0.29, 0.717) is 28.0 Å². The van der Waals surface area contributed by atoms with Crippen LogP contribution < -0.4 is 4.90 Å². The summed E-state index contributed by atoms with van der Waals surface area (Å²) in [6.45, 7) is 2.38. The maximum Gasteiger partial charge on any atom is 0.352 e. The van der Waals surface area contributed by atoms with Crippen molar-refractivity contribution in [3.05, 3.63) is 64.8 Å². The second-order valence-corrected chi connectivity index (χ2v) is 6.06. The van der Waals surface area contributed by atoms with Gasteiger partial charge in [0, 0.05) is 33.7 Å².